The van der Waals surface area contributed by atoms with Gasteiger partial charge in [0.25, 0.3) is 0 Å². The molecule has 2 aromatic rings. The average Bonchev–Trinajstić information content (AvgIpc) is 2.80. The fourth-order valence-corrected chi connectivity index (χ4v) is 2.32. The number of carbonyl (C=O) groups is 1. The summed E-state index contributed by atoms with van der Waals surface area (Å²) in [5, 5.41) is 10.4. The Labute approximate surface area is 117 Å². The van der Waals surface area contributed by atoms with E-state index in [-0.39, 0.29) is 12.4 Å². The van der Waals surface area contributed by atoms with Crippen molar-refractivity contribution < 1.29 is 23.4 Å². The van der Waals surface area contributed by atoms with E-state index in [1.54, 1.807) is 11.4 Å². The normalized spacial score (nSPS) is 10.9. The number of ether oxygens (including phenoxy) is 1. The van der Waals surface area contributed by atoms with Crippen LogP contribution in [0.2, 0.25) is 0 Å². The van der Waals surface area contributed by atoms with Crippen molar-refractivity contribution in [1.82, 2.24) is 0 Å². The summed E-state index contributed by atoms with van der Waals surface area (Å²) in [6.07, 6.45) is 2.47. The zero-order chi connectivity index (χ0) is 14.5. The first-order valence-corrected chi connectivity index (χ1v) is 6.49. The van der Waals surface area contributed by atoms with Crippen molar-refractivity contribution in [3.63, 3.8) is 0 Å². The Balaban J connectivity index is 2.07. The molecule has 0 bridgehead atoms. The van der Waals surface area contributed by atoms with Crippen molar-refractivity contribution >= 4 is 23.4 Å². The summed E-state index contributed by atoms with van der Waals surface area (Å²) in [6, 6.07) is 4.68. The standard InChI is InChI=1S/C14H10F2O3S/c15-10-5-11(16)7-12(6-10)19-8-13-9(3-4-20-13)1-2-14(17)18/h1-7H,8H2,(H,17,18). The van der Waals surface area contributed by atoms with E-state index in [2.05, 4.69) is 0 Å². The van der Waals surface area contributed by atoms with Crippen LogP contribution < -0.4 is 4.74 Å². The molecule has 0 atom stereocenters. The molecule has 20 heavy (non-hydrogen) atoms. The highest BCUT2D eigenvalue weighted by atomic mass is 32.1. The molecule has 0 fully saturated rings. The molecular formula is C14H10F2O3S. The fraction of sp³-hybridized carbons (Fsp3) is 0.0714. The van der Waals surface area contributed by atoms with E-state index in [4.69, 9.17) is 9.84 Å². The maximum Gasteiger partial charge on any atom is 0.328 e. The minimum Gasteiger partial charge on any atom is -0.488 e. The number of benzene rings is 1. The van der Waals surface area contributed by atoms with Gasteiger partial charge in [-0.05, 0) is 23.1 Å². The van der Waals surface area contributed by atoms with Gasteiger partial charge in [-0.15, -0.1) is 11.3 Å². The van der Waals surface area contributed by atoms with Gasteiger partial charge in [-0.1, -0.05) is 0 Å². The molecule has 0 saturated heterocycles. The summed E-state index contributed by atoms with van der Waals surface area (Å²) in [4.78, 5) is 11.2. The molecule has 0 aliphatic rings. The van der Waals surface area contributed by atoms with Gasteiger partial charge in [0.2, 0.25) is 0 Å². The van der Waals surface area contributed by atoms with Gasteiger partial charge in [0, 0.05) is 29.2 Å². The Hall–Kier alpha value is -2.21. The lowest BCUT2D eigenvalue weighted by atomic mass is 10.2. The molecule has 0 aliphatic heterocycles. The van der Waals surface area contributed by atoms with Gasteiger partial charge in [-0.2, -0.15) is 0 Å². The van der Waals surface area contributed by atoms with Gasteiger partial charge >= 0.3 is 5.97 Å². The number of thiophene rings is 1. The van der Waals surface area contributed by atoms with E-state index in [1.165, 1.54) is 17.4 Å². The Morgan fingerprint density at radius 3 is 2.65 bits per heavy atom. The van der Waals surface area contributed by atoms with Gasteiger partial charge in [0.15, 0.2) is 0 Å². The van der Waals surface area contributed by atoms with Crippen molar-refractivity contribution in [3.05, 3.63) is 57.8 Å². The number of halogens is 2. The fourth-order valence-electron chi connectivity index (χ4n) is 1.54. The van der Waals surface area contributed by atoms with Crippen LogP contribution >= 0.6 is 11.3 Å². The summed E-state index contributed by atoms with van der Waals surface area (Å²) in [7, 11) is 0. The van der Waals surface area contributed by atoms with Crippen LogP contribution in [0.3, 0.4) is 0 Å². The van der Waals surface area contributed by atoms with Crippen LogP contribution in [0.1, 0.15) is 10.4 Å². The topological polar surface area (TPSA) is 46.5 Å². The SMILES string of the molecule is O=C(O)C=Cc1ccsc1COc1cc(F)cc(F)c1. The molecule has 1 heterocycles. The maximum absolute atomic E-state index is 13.0. The molecule has 0 saturated carbocycles. The number of carboxylic acid groups (broad SMARTS) is 1. The molecule has 1 N–H and O–H groups in total. The number of aliphatic carboxylic acids is 1. The molecule has 0 radical (unpaired) electrons. The molecule has 6 heteroatoms. The maximum atomic E-state index is 13.0. The molecule has 3 nitrogen and oxygen atoms in total. The minimum atomic E-state index is -1.05. The highest BCUT2D eigenvalue weighted by molar-refractivity contribution is 7.10. The van der Waals surface area contributed by atoms with Crippen molar-refractivity contribution in [2.45, 2.75) is 6.61 Å². The molecule has 104 valence electrons. The Kier molecular flexibility index (Phi) is 4.47. The summed E-state index contributed by atoms with van der Waals surface area (Å²) < 4.78 is 31.3. The number of rotatable bonds is 5. The van der Waals surface area contributed by atoms with Crippen molar-refractivity contribution in [2.75, 3.05) is 0 Å². The average molecular weight is 296 g/mol. The molecule has 2 rings (SSSR count). The van der Waals surface area contributed by atoms with E-state index in [0.29, 0.717) is 5.56 Å². The lowest BCUT2D eigenvalue weighted by Gasteiger charge is -2.06. The second-order valence-electron chi connectivity index (χ2n) is 3.86. The lowest BCUT2D eigenvalue weighted by molar-refractivity contribution is -0.131. The zero-order valence-electron chi connectivity index (χ0n) is 10.2. The quantitative estimate of drug-likeness (QED) is 0.856. The van der Waals surface area contributed by atoms with Crippen LogP contribution in [0.5, 0.6) is 5.75 Å². The number of hydrogen-bond donors (Lipinski definition) is 1. The molecule has 0 unspecified atom stereocenters. The highest BCUT2D eigenvalue weighted by Crippen LogP contribution is 2.22. The van der Waals surface area contributed by atoms with Crippen LogP contribution in [0.25, 0.3) is 6.08 Å². The zero-order valence-corrected chi connectivity index (χ0v) is 11.0. The molecule has 0 aliphatic carbocycles. The molecule has 0 amide bonds. The number of carboxylic acids is 1. The van der Waals surface area contributed by atoms with Crippen LogP contribution in [0.4, 0.5) is 8.78 Å². The van der Waals surface area contributed by atoms with Gasteiger partial charge in [-0.25, -0.2) is 13.6 Å². The Bertz CT molecular complexity index is 629. The van der Waals surface area contributed by atoms with Crippen molar-refractivity contribution in [2.24, 2.45) is 0 Å². The lowest BCUT2D eigenvalue weighted by Crippen LogP contribution is -1.96. The van der Waals surface area contributed by atoms with Gasteiger partial charge in [0.05, 0.1) is 0 Å². The first kappa shape index (κ1) is 14.2. The first-order chi connectivity index (χ1) is 9.54. The summed E-state index contributed by atoms with van der Waals surface area (Å²) in [5.41, 5.74) is 0.703. The van der Waals surface area contributed by atoms with E-state index < -0.39 is 17.6 Å². The van der Waals surface area contributed by atoms with Gasteiger partial charge in [0.1, 0.15) is 24.0 Å². The first-order valence-electron chi connectivity index (χ1n) is 5.61. The van der Waals surface area contributed by atoms with Gasteiger partial charge < -0.3 is 9.84 Å². The summed E-state index contributed by atoms with van der Waals surface area (Å²) in [5.74, 6) is -2.38. The molecular weight excluding hydrogens is 286 g/mol. The van der Waals surface area contributed by atoms with Crippen LogP contribution in [-0.2, 0) is 11.4 Å². The summed E-state index contributed by atoms with van der Waals surface area (Å²) >= 11 is 1.37. The summed E-state index contributed by atoms with van der Waals surface area (Å²) in [6.45, 7) is 0.111. The Morgan fingerprint density at radius 1 is 1.30 bits per heavy atom. The van der Waals surface area contributed by atoms with Crippen LogP contribution in [0.15, 0.2) is 35.7 Å². The van der Waals surface area contributed by atoms with E-state index in [9.17, 15) is 13.6 Å². The van der Waals surface area contributed by atoms with E-state index in [0.717, 1.165) is 29.2 Å². The predicted octanol–water partition coefficient (Wildman–Crippen LogP) is 3.70. The van der Waals surface area contributed by atoms with Crippen molar-refractivity contribution in [3.8, 4) is 5.75 Å². The largest absolute Gasteiger partial charge is 0.488 e. The van der Waals surface area contributed by atoms with E-state index >= 15 is 0 Å². The van der Waals surface area contributed by atoms with Crippen molar-refractivity contribution in [1.29, 1.82) is 0 Å². The third-order valence-electron chi connectivity index (χ3n) is 2.39. The minimum absolute atomic E-state index is 0.0871. The third-order valence-corrected chi connectivity index (χ3v) is 3.30. The molecule has 0 spiro atoms. The third kappa shape index (κ3) is 3.89. The van der Waals surface area contributed by atoms with Crippen LogP contribution in [-0.4, -0.2) is 11.1 Å². The second-order valence-corrected chi connectivity index (χ2v) is 4.87. The van der Waals surface area contributed by atoms with E-state index in [1.807, 2.05) is 0 Å². The molecule has 1 aromatic carbocycles. The predicted molar refractivity (Wildman–Crippen MR) is 71.7 cm³/mol. The smallest absolute Gasteiger partial charge is 0.328 e. The Morgan fingerprint density at radius 2 is 2.00 bits per heavy atom. The molecule has 1 aromatic heterocycles. The highest BCUT2D eigenvalue weighted by Gasteiger charge is 2.05. The number of hydrogen-bond acceptors (Lipinski definition) is 3. The van der Waals surface area contributed by atoms with Crippen LogP contribution in [0, 0.1) is 11.6 Å². The second kappa shape index (κ2) is 6.29. The monoisotopic (exact) mass is 296 g/mol. The van der Waals surface area contributed by atoms with Gasteiger partial charge in [-0.3, -0.25) is 0 Å².